The first kappa shape index (κ1) is 18.4. The van der Waals surface area contributed by atoms with Gasteiger partial charge in [0.15, 0.2) is 0 Å². The summed E-state index contributed by atoms with van der Waals surface area (Å²) in [4.78, 5) is 38.2. The van der Waals surface area contributed by atoms with Crippen molar-refractivity contribution >= 4 is 28.4 Å². The summed E-state index contributed by atoms with van der Waals surface area (Å²) in [6, 6.07) is 10.8. The van der Waals surface area contributed by atoms with Crippen LogP contribution >= 0.6 is 0 Å². The number of urea groups is 1. The third-order valence-electron chi connectivity index (χ3n) is 4.51. The van der Waals surface area contributed by atoms with Gasteiger partial charge in [-0.3, -0.25) is 9.78 Å². The van der Waals surface area contributed by atoms with Crippen molar-refractivity contribution in [2.75, 3.05) is 10.6 Å². The Morgan fingerprint density at radius 2 is 1.83 bits per heavy atom. The number of rotatable bonds is 5. The number of pyridine rings is 2. The van der Waals surface area contributed by atoms with Gasteiger partial charge in [0, 0.05) is 24.5 Å². The number of anilines is 2. The highest BCUT2D eigenvalue weighted by Gasteiger charge is 2.07. The predicted octanol–water partition coefficient (Wildman–Crippen LogP) is 3.44. The smallest absolute Gasteiger partial charge is 0.323 e. The van der Waals surface area contributed by atoms with Crippen LogP contribution in [0.2, 0.25) is 0 Å². The van der Waals surface area contributed by atoms with Crippen molar-refractivity contribution in [3.63, 3.8) is 0 Å². The van der Waals surface area contributed by atoms with Gasteiger partial charge in [0.25, 0.3) is 5.56 Å². The number of aryl methyl sites for hydroxylation is 1. The molecule has 0 unspecified atom stereocenters. The molecule has 0 aliphatic heterocycles. The topological polar surface area (TPSA) is 116 Å². The average molecular weight is 388 g/mol. The minimum absolute atomic E-state index is 0.188. The molecule has 0 atom stereocenters. The number of aromatic amines is 2. The number of nitrogens with one attached hydrogen (secondary N) is 4. The van der Waals surface area contributed by atoms with Gasteiger partial charge in [0.1, 0.15) is 11.3 Å². The zero-order valence-corrected chi connectivity index (χ0v) is 15.8. The summed E-state index contributed by atoms with van der Waals surface area (Å²) in [5, 5.41) is 5.58. The number of imidazole rings is 1. The summed E-state index contributed by atoms with van der Waals surface area (Å²) in [5.41, 5.74) is 4.31. The van der Waals surface area contributed by atoms with Crippen molar-refractivity contribution < 1.29 is 4.79 Å². The molecule has 0 radical (unpaired) electrons. The van der Waals surface area contributed by atoms with Crippen molar-refractivity contribution in [1.29, 1.82) is 0 Å². The van der Waals surface area contributed by atoms with Crippen LogP contribution in [0.4, 0.5) is 16.2 Å². The highest BCUT2D eigenvalue weighted by molar-refractivity contribution is 5.99. The molecule has 29 heavy (non-hydrogen) atoms. The molecule has 0 bridgehead atoms. The standard InChI is InChI=1S/C21H20N6O2/c1-2-13-9-16(12-22-11-13)25-21(29)24-15-5-3-14(4-6-15)10-18-26-17-7-8-23-20(28)19(17)27-18/h3-9,11-12H,2,10H2,1H3,(H,23,28)(H,26,27)(H2,24,25,29). The quantitative estimate of drug-likeness (QED) is 0.419. The van der Waals surface area contributed by atoms with Crippen molar-refractivity contribution in [3.05, 3.63) is 82.3 Å². The van der Waals surface area contributed by atoms with Gasteiger partial charge in [-0.1, -0.05) is 19.1 Å². The monoisotopic (exact) mass is 388 g/mol. The number of fused-ring (bicyclic) bond motifs is 1. The van der Waals surface area contributed by atoms with E-state index in [9.17, 15) is 9.59 Å². The van der Waals surface area contributed by atoms with E-state index in [1.807, 2.05) is 37.3 Å². The minimum Gasteiger partial charge on any atom is -0.337 e. The van der Waals surface area contributed by atoms with Crippen LogP contribution in [0.15, 0.2) is 59.8 Å². The minimum atomic E-state index is -0.329. The second-order valence-electron chi connectivity index (χ2n) is 6.64. The van der Waals surface area contributed by atoms with Crippen molar-refractivity contribution in [1.82, 2.24) is 19.9 Å². The number of nitrogens with zero attached hydrogens (tertiary/aromatic N) is 2. The van der Waals surface area contributed by atoms with E-state index < -0.39 is 0 Å². The van der Waals surface area contributed by atoms with Crippen LogP contribution in [0.3, 0.4) is 0 Å². The number of carbonyl (C=O) groups excluding carboxylic acids is 1. The molecule has 3 heterocycles. The highest BCUT2D eigenvalue weighted by Crippen LogP contribution is 2.15. The zero-order chi connectivity index (χ0) is 20.2. The van der Waals surface area contributed by atoms with E-state index in [2.05, 4.69) is 30.6 Å². The Balaban J connectivity index is 1.40. The van der Waals surface area contributed by atoms with Crippen LogP contribution < -0.4 is 16.2 Å². The second kappa shape index (κ2) is 7.97. The SMILES string of the molecule is CCc1cncc(NC(=O)Nc2ccc(Cc3nc4cc[nH]c(=O)c4[nH]3)cc2)c1. The predicted molar refractivity (Wildman–Crippen MR) is 112 cm³/mol. The lowest BCUT2D eigenvalue weighted by atomic mass is 10.1. The molecule has 0 saturated carbocycles. The Labute approximate surface area is 166 Å². The van der Waals surface area contributed by atoms with E-state index in [-0.39, 0.29) is 11.6 Å². The number of amides is 2. The van der Waals surface area contributed by atoms with E-state index in [4.69, 9.17) is 0 Å². The third-order valence-corrected chi connectivity index (χ3v) is 4.51. The fourth-order valence-corrected chi connectivity index (χ4v) is 3.03. The Morgan fingerprint density at radius 3 is 2.59 bits per heavy atom. The van der Waals surface area contributed by atoms with E-state index in [1.54, 1.807) is 24.7 Å². The maximum Gasteiger partial charge on any atom is 0.323 e. The molecule has 3 aromatic heterocycles. The number of H-pyrrole nitrogens is 2. The molecule has 4 rings (SSSR count). The van der Waals surface area contributed by atoms with Crippen molar-refractivity contribution in [3.8, 4) is 0 Å². The van der Waals surface area contributed by atoms with Gasteiger partial charge in [0.05, 0.1) is 17.4 Å². The van der Waals surface area contributed by atoms with Gasteiger partial charge >= 0.3 is 6.03 Å². The largest absolute Gasteiger partial charge is 0.337 e. The maximum atomic E-state index is 12.2. The lowest BCUT2D eigenvalue weighted by Gasteiger charge is -2.09. The molecule has 8 heteroatoms. The molecule has 0 aliphatic rings. The normalized spacial score (nSPS) is 10.8. The van der Waals surface area contributed by atoms with Crippen LogP contribution in [0.5, 0.6) is 0 Å². The second-order valence-corrected chi connectivity index (χ2v) is 6.64. The summed E-state index contributed by atoms with van der Waals surface area (Å²) in [6.45, 7) is 2.03. The van der Waals surface area contributed by atoms with E-state index >= 15 is 0 Å². The van der Waals surface area contributed by atoms with Gasteiger partial charge < -0.3 is 20.6 Å². The molecule has 0 fully saturated rings. The van der Waals surface area contributed by atoms with Gasteiger partial charge in [0.2, 0.25) is 0 Å². The van der Waals surface area contributed by atoms with Crippen LogP contribution in [-0.2, 0) is 12.8 Å². The fraction of sp³-hybridized carbons (Fsp3) is 0.143. The van der Waals surface area contributed by atoms with E-state index in [0.29, 0.717) is 34.7 Å². The van der Waals surface area contributed by atoms with E-state index in [0.717, 1.165) is 17.5 Å². The highest BCUT2D eigenvalue weighted by atomic mass is 16.2. The summed E-state index contributed by atoms with van der Waals surface area (Å²) in [5.74, 6) is 0.707. The summed E-state index contributed by atoms with van der Waals surface area (Å²) < 4.78 is 0. The number of hydrogen-bond acceptors (Lipinski definition) is 4. The van der Waals surface area contributed by atoms with Gasteiger partial charge in [-0.25, -0.2) is 9.78 Å². The maximum absolute atomic E-state index is 12.2. The van der Waals surface area contributed by atoms with Crippen molar-refractivity contribution in [2.45, 2.75) is 19.8 Å². The number of aromatic nitrogens is 4. The van der Waals surface area contributed by atoms with Crippen LogP contribution in [0.1, 0.15) is 23.9 Å². The number of benzene rings is 1. The first-order chi connectivity index (χ1) is 14.1. The molecule has 0 saturated heterocycles. The lowest BCUT2D eigenvalue weighted by Crippen LogP contribution is -2.19. The number of hydrogen-bond donors (Lipinski definition) is 4. The Morgan fingerprint density at radius 1 is 1.03 bits per heavy atom. The molecule has 4 aromatic rings. The summed E-state index contributed by atoms with van der Waals surface area (Å²) in [7, 11) is 0. The third kappa shape index (κ3) is 4.32. The molecular weight excluding hydrogens is 368 g/mol. The van der Waals surface area contributed by atoms with Crippen LogP contribution in [0, 0.1) is 0 Å². The molecule has 0 aliphatic carbocycles. The van der Waals surface area contributed by atoms with Gasteiger partial charge in [-0.05, 0) is 41.8 Å². The molecule has 146 valence electrons. The van der Waals surface area contributed by atoms with Crippen LogP contribution in [-0.4, -0.2) is 26.0 Å². The Hall–Kier alpha value is -3.94. The first-order valence-corrected chi connectivity index (χ1v) is 9.28. The van der Waals surface area contributed by atoms with E-state index in [1.165, 1.54) is 0 Å². The summed E-state index contributed by atoms with van der Waals surface area (Å²) >= 11 is 0. The Bertz CT molecular complexity index is 1210. The van der Waals surface area contributed by atoms with Gasteiger partial charge in [-0.2, -0.15) is 0 Å². The number of carbonyl (C=O) groups is 1. The van der Waals surface area contributed by atoms with Crippen LogP contribution in [0.25, 0.3) is 11.0 Å². The average Bonchev–Trinajstić information content (AvgIpc) is 3.13. The molecule has 2 amide bonds. The first-order valence-electron chi connectivity index (χ1n) is 9.28. The molecule has 4 N–H and O–H groups in total. The van der Waals surface area contributed by atoms with Crippen molar-refractivity contribution in [2.24, 2.45) is 0 Å². The molecular formula is C21H20N6O2. The lowest BCUT2D eigenvalue weighted by molar-refractivity contribution is 0.262. The molecule has 8 nitrogen and oxygen atoms in total. The Kier molecular flexibility index (Phi) is 5.07. The zero-order valence-electron chi connectivity index (χ0n) is 15.8. The van der Waals surface area contributed by atoms with Gasteiger partial charge in [-0.15, -0.1) is 0 Å². The molecule has 0 spiro atoms. The molecule has 1 aromatic carbocycles. The fourth-order valence-electron chi connectivity index (χ4n) is 3.03. The summed E-state index contributed by atoms with van der Waals surface area (Å²) in [6.07, 6.45) is 6.37.